The number of halogens is 2. The van der Waals surface area contributed by atoms with Gasteiger partial charge in [-0.15, -0.1) is 22.9 Å². The molecule has 2 heterocycles. The third-order valence-electron chi connectivity index (χ3n) is 3.89. The summed E-state index contributed by atoms with van der Waals surface area (Å²) in [4.78, 5) is 6.71. The number of nitrogens with zero attached hydrogens (tertiary/aromatic N) is 2. The van der Waals surface area contributed by atoms with Crippen LogP contribution in [-0.2, 0) is 12.4 Å². The van der Waals surface area contributed by atoms with Crippen LogP contribution in [0.5, 0.6) is 0 Å². The molecular formula is C16H18ClFN2S. The fraction of sp³-hybridized carbons (Fsp3) is 0.438. The van der Waals surface area contributed by atoms with Gasteiger partial charge in [-0.3, -0.25) is 4.90 Å². The van der Waals surface area contributed by atoms with Crippen molar-refractivity contribution in [2.45, 2.75) is 25.8 Å². The van der Waals surface area contributed by atoms with E-state index in [0.717, 1.165) is 40.8 Å². The van der Waals surface area contributed by atoms with Crippen molar-refractivity contribution in [3.05, 3.63) is 40.7 Å². The van der Waals surface area contributed by atoms with Crippen LogP contribution in [0, 0.1) is 11.7 Å². The first-order valence-corrected chi connectivity index (χ1v) is 8.58. The molecule has 0 radical (unpaired) electrons. The zero-order valence-electron chi connectivity index (χ0n) is 12.0. The van der Waals surface area contributed by atoms with Gasteiger partial charge in [0.05, 0.1) is 11.6 Å². The summed E-state index contributed by atoms with van der Waals surface area (Å²) in [6.45, 7) is 5.07. The molecule has 1 aliphatic rings. The third-order valence-corrected chi connectivity index (χ3v) is 5.10. The number of hydrogen-bond acceptors (Lipinski definition) is 3. The number of hydrogen-bond donors (Lipinski definition) is 0. The Kier molecular flexibility index (Phi) is 4.57. The standard InChI is InChI=1S/C16H18ClFN2S/c1-11-4-5-20(8-11)9-13-3-2-12(6-15(13)18)16-19-14(7-17)10-21-16/h2-3,6,10-11H,4-5,7-9H2,1H3. The molecule has 2 aromatic rings. The zero-order chi connectivity index (χ0) is 14.8. The van der Waals surface area contributed by atoms with Gasteiger partial charge in [-0.05, 0) is 24.9 Å². The van der Waals surface area contributed by atoms with E-state index in [4.69, 9.17) is 11.6 Å². The van der Waals surface area contributed by atoms with Gasteiger partial charge < -0.3 is 0 Å². The Hall–Kier alpha value is -0.970. The lowest BCUT2D eigenvalue weighted by molar-refractivity contribution is 0.315. The van der Waals surface area contributed by atoms with Crippen molar-refractivity contribution in [3.8, 4) is 10.6 Å². The Balaban J connectivity index is 1.76. The van der Waals surface area contributed by atoms with Crippen LogP contribution in [-0.4, -0.2) is 23.0 Å². The number of rotatable bonds is 4. The Labute approximate surface area is 133 Å². The van der Waals surface area contributed by atoms with Gasteiger partial charge in [0, 0.05) is 29.6 Å². The molecule has 0 bridgehead atoms. The van der Waals surface area contributed by atoms with Gasteiger partial charge in [0.2, 0.25) is 0 Å². The van der Waals surface area contributed by atoms with Gasteiger partial charge in [0.25, 0.3) is 0 Å². The monoisotopic (exact) mass is 324 g/mol. The minimum atomic E-state index is -0.144. The molecule has 1 unspecified atom stereocenters. The quantitative estimate of drug-likeness (QED) is 0.768. The SMILES string of the molecule is CC1CCN(Cc2ccc(-c3nc(CCl)cs3)cc2F)C1. The van der Waals surface area contributed by atoms with E-state index in [1.807, 2.05) is 17.5 Å². The second-order valence-electron chi connectivity index (χ2n) is 5.71. The molecule has 1 saturated heterocycles. The summed E-state index contributed by atoms with van der Waals surface area (Å²) in [7, 11) is 0. The van der Waals surface area contributed by atoms with Gasteiger partial charge >= 0.3 is 0 Å². The Morgan fingerprint density at radius 1 is 1.48 bits per heavy atom. The number of likely N-dealkylation sites (tertiary alicyclic amines) is 1. The van der Waals surface area contributed by atoms with Crippen LogP contribution < -0.4 is 0 Å². The molecule has 0 N–H and O–H groups in total. The van der Waals surface area contributed by atoms with E-state index < -0.39 is 0 Å². The van der Waals surface area contributed by atoms with Crippen LogP contribution >= 0.6 is 22.9 Å². The maximum Gasteiger partial charge on any atom is 0.128 e. The topological polar surface area (TPSA) is 16.1 Å². The molecule has 1 aliphatic heterocycles. The molecule has 0 spiro atoms. The average molecular weight is 325 g/mol. The molecule has 1 atom stereocenters. The van der Waals surface area contributed by atoms with Crippen molar-refractivity contribution in [2.24, 2.45) is 5.92 Å². The van der Waals surface area contributed by atoms with Gasteiger partial charge in [-0.2, -0.15) is 0 Å². The molecule has 5 heteroatoms. The molecule has 0 saturated carbocycles. The van der Waals surface area contributed by atoms with Gasteiger partial charge in [-0.25, -0.2) is 9.37 Å². The summed E-state index contributed by atoms with van der Waals surface area (Å²) in [6, 6.07) is 5.43. The molecule has 3 rings (SSSR count). The van der Waals surface area contributed by atoms with Crippen molar-refractivity contribution >= 4 is 22.9 Å². The van der Waals surface area contributed by atoms with Crippen molar-refractivity contribution in [1.82, 2.24) is 9.88 Å². The highest BCUT2D eigenvalue weighted by Gasteiger charge is 2.19. The van der Waals surface area contributed by atoms with Crippen molar-refractivity contribution in [2.75, 3.05) is 13.1 Å². The Morgan fingerprint density at radius 3 is 2.95 bits per heavy atom. The first-order valence-electron chi connectivity index (χ1n) is 7.17. The highest BCUT2D eigenvalue weighted by Crippen LogP contribution is 2.27. The first kappa shape index (κ1) is 14.9. The molecule has 0 aliphatic carbocycles. The van der Waals surface area contributed by atoms with Crippen molar-refractivity contribution < 1.29 is 4.39 Å². The molecule has 1 fully saturated rings. The molecule has 0 amide bonds. The van der Waals surface area contributed by atoms with Crippen molar-refractivity contribution in [3.63, 3.8) is 0 Å². The first-order chi connectivity index (χ1) is 10.2. The van der Waals surface area contributed by atoms with E-state index in [1.165, 1.54) is 17.8 Å². The highest BCUT2D eigenvalue weighted by molar-refractivity contribution is 7.13. The van der Waals surface area contributed by atoms with E-state index in [2.05, 4.69) is 16.8 Å². The number of thiazole rings is 1. The molecule has 1 aromatic carbocycles. The summed E-state index contributed by atoms with van der Waals surface area (Å²) in [6.07, 6.45) is 1.21. The lowest BCUT2D eigenvalue weighted by Gasteiger charge is -2.16. The molecule has 112 valence electrons. The fourth-order valence-corrected chi connectivity index (χ4v) is 3.77. The lowest BCUT2D eigenvalue weighted by atomic mass is 10.1. The second kappa shape index (κ2) is 6.42. The predicted molar refractivity (Wildman–Crippen MR) is 86.1 cm³/mol. The zero-order valence-corrected chi connectivity index (χ0v) is 13.6. The summed E-state index contributed by atoms with van der Waals surface area (Å²) < 4.78 is 14.3. The maximum absolute atomic E-state index is 14.3. The predicted octanol–water partition coefficient (Wildman–Crippen LogP) is 4.53. The number of alkyl halides is 1. The third kappa shape index (κ3) is 3.44. The minimum absolute atomic E-state index is 0.144. The van der Waals surface area contributed by atoms with Crippen LogP contribution in [0.1, 0.15) is 24.6 Å². The Morgan fingerprint density at radius 2 is 2.33 bits per heavy atom. The van der Waals surface area contributed by atoms with Gasteiger partial charge in [0.15, 0.2) is 0 Å². The van der Waals surface area contributed by atoms with E-state index >= 15 is 0 Å². The number of benzene rings is 1. The maximum atomic E-state index is 14.3. The lowest BCUT2D eigenvalue weighted by Crippen LogP contribution is -2.20. The van der Waals surface area contributed by atoms with Crippen LogP contribution in [0.15, 0.2) is 23.6 Å². The van der Waals surface area contributed by atoms with E-state index in [1.54, 1.807) is 6.07 Å². The van der Waals surface area contributed by atoms with Gasteiger partial charge in [-0.1, -0.05) is 19.1 Å². The second-order valence-corrected chi connectivity index (χ2v) is 6.84. The normalized spacial score (nSPS) is 19.3. The van der Waals surface area contributed by atoms with E-state index in [-0.39, 0.29) is 5.82 Å². The van der Waals surface area contributed by atoms with Crippen LogP contribution in [0.25, 0.3) is 10.6 Å². The minimum Gasteiger partial charge on any atom is -0.299 e. The molecule has 1 aromatic heterocycles. The largest absolute Gasteiger partial charge is 0.299 e. The highest BCUT2D eigenvalue weighted by atomic mass is 35.5. The van der Waals surface area contributed by atoms with Gasteiger partial charge in [0.1, 0.15) is 10.8 Å². The smallest absolute Gasteiger partial charge is 0.128 e. The van der Waals surface area contributed by atoms with Crippen LogP contribution in [0.3, 0.4) is 0 Å². The number of aromatic nitrogens is 1. The summed E-state index contributed by atoms with van der Waals surface area (Å²) in [5.41, 5.74) is 2.43. The molecular weight excluding hydrogens is 307 g/mol. The average Bonchev–Trinajstić information content (AvgIpc) is 3.10. The Bertz CT molecular complexity index is 628. The van der Waals surface area contributed by atoms with E-state index in [0.29, 0.717) is 12.4 Å². The molecule has 21 heavy (non-hydrogen) atoms. The van der Waals surface area contributed by atoms with Crippen LogP contribution in [0.4, 0.5) is 4.39 Å². The summed E-state index contributed by atoms with van der Waals surface area (Å²) >= 11 is 7.26. The molecule has 2 nitrogen and oxygen atoms in total. The van der Waals surface area contributed by atoms with Crippen LogP contribution in [0.2, 0.25) is 0 Å². The van der Waals surface area contributed by atoms with E-state index in [9.17, 15) is 4.39 Å². The summed E-state index contributed by atoms with van der Waals surface area (Å²) in [5.74, 6) is 0.968. The van der Waals surface area contributed by atoms with Crippen molar-refractivity contribution in [1.29, 1.82) is 0 Å². The fourth-order valence-electron chi connectivity index (χ4n) is 2.72. The summed E-state index contributed by atoms with van der Waals surface area (Å²) in [5, 5.41) is 2.74.